The molecule has 1 heterocycles. The third-order valence-corrected chi connectivity index (χ3v) is 3.10. The molecule has 2 rings (SSSR count). The first-order chi connectivity index (χ1) is 10.2. The molecule has 0 saturated heterocycles. The smallest absolute Gasteiger partial charge is 0.194 e. The van der Waals surface area contributed by atoms with Crippen LogP contribution in [0, 0.1) is 6.92 Å². The van der Waals surface area contributed by atoms with E-state index in [0.717, 1.165) is 24.0 Å². The number of guanidine groups is 1. The van der Waals surface area contributed by atoms with E-state index < -0.39 is 0 Å². The zero-order valence-corrected chi connectivity index (χ0v) is 12.7. The number of aliphatic imine (C=N–C) groups is 1. The standard InChI is InChI=1S/C16H21N5/c1-13-18-10-9-15(20-13)11-19-16(17-2)21(3)12-14-7-5-4-6-8-14/h4-10H,11-12H2,1-3H3,(H,17,19). The molecule has 0 bridgehead atoms. The van der Waals surface area contributed by atoms with Gasteiger partial charge in [-0.3, -0.25) is 4.99 Å². The van der Waals surface area contributed by atoms with E-state index in [4.69, 9.17) is 0 Å². The maximum absolute atomic E-state index is 4.38. The molecule has 0 radical (unpaired) electrons. The Hall–Kier alpha value is -2.43. The summed E-state index contributed by atoms with van der Waals surface area (Å²) in [7, 11) is 3.81. The van der Waals surface area contributed by atoms with Gasteiger partial charge in [0, 0.05) is 26.8 Å². The minimum absolute atomic E-state index is 0.634. The third-order valence-electron chi connectivity index (χ3n) is 3.10. The van der Waals surface area contributed by atoms with Gasteiger partial charge < -0.3 is 10.2 Å². The van der Waals surface area contributed by atoms with Gasteiger partial charge in [0.05, 0.1) is 12.2 Å². The van der Waals surface area contributed by atoms with Gasteiger partial charge in [0.15, 0.2) is 5.96 Å². The lowest BCUT2D eigenvalue weighted by Crippen LogP contribution is -2.38. The summed E-state index contributed by atoms with van der Waals surface area (Å²) in [5.74, 6) is 1.62. The number of hydrogen-bond donors (Lipinski definition) is 1. The van der Waals surface area contributed by atoms with Crippen LogP contribution in [0.15, 0.2) is 47.6 Å². The predicted octanol–water partition coefficient (Wildman–Crippen LogP) is 1.99. The number of nitrogens with one attached hydrogen (secondary N) is 1. The number of aromatic nitrogens is 2. The maximum atomic E-state index is 4.38. The Morgan fingerprint density at radius 2 is 2.00 bits per heavy atom. The van der Waals surface area contributed by atoms with Crippen molar-refractivity contribution in [3.05, 3.63) is 59.7 Å². The summed E-state index contributed by atoms with van der Waals surface area (Å²) in [5.41, 5.74) is 2.21. The number of rotatable bonds is 4. The summed E-state index contributed by atoms with van der Waals surface area (Å²) in [4.78, 5) is 14.9. The van der Waals surface area contributed by atoms with Crippen LogP contribution in [0.5, 0.6) is 0 Å². The highest BCUT2D eigenvalue weighted by Crippen LogP contribution is 2.03. The van der Waals surface area contributed by atoms with E-state index in [9.17, 15) is 0 Å². The highest BCUT2D eigenvalue weighted by Gasteiger charge is 2.06. The fraction of sp³-hybridized carbons (Fsp3) is 0.312. The van der Waals surface area contributed by atoms with Crippen molar-refractivity contribution in [1.82, 2.24) is 20.2 Å². The van der Waals surface area contributed by atoms with E-state index in [-0.39, 0.29) is 0 Å². The maximum Gasteiger partial charge on any atom is 0.194 e. The molecule has 21 heavy (non-hydrogen) atoms. The predicted molar refractivity (Wildman–Crippen MR) is 84.9 cm³/mol. The first-order valence-electron chi connectivity index (χ1n) is 6.93. The van der Waals surface area contributed by atoms with E-state index in [0.29, 0.717) is 6.54 Å². The molecule has 0 saturated carbocycles. The van der Waals surface area contributed by atoms with Crippen molar-refractivity contribution in [2.75, 3.05) is 14.1 Å². The second-order valence-electron chi connectivity index (χ2n) is 4.84. The molecule has 0 aliphatic carbocycles. The Morgan fingerprint density at radius 3 is 2.67 bits per heavy atom. The van der Waals surface area contributed by atoms with Gasteiger partial charge >= 0.3 is 0 Å². The normalized spacial score (nSPS) is 11.3. The largest absolute Gasteiger partial charge is 0.351 e. The Kier molecular flexibility index (Phi) is 5.26. The van der Waals surface area contributed by atoms with E-state index in [1.165, 1.54) is 5.56 Å². The van der Waals surface area contributed by atoms with Gasteiger partial charge in [-0.25, -0.2) is 9.97 Å². The Labute approximate surface area is 125 Å². The van der Waals surface area contributed by atoms with Crippen LogP contribution in [0.3, 0.4) is 0 Å². The van der Waals surface area contributed by atoms with Gasteiger partial charge in [-0.1, -0.05) is 30.3 Å². The SMILES string of the molecule is CN=C(NCc1ccnc(C)n1)N(C)Cc1ccccc1. The fourth-order valence-corrected chi connectivity index (χ4v) is 2.09. The molecule has 0 aliphatic heterocycles. The van der Waals surface area contributed by atoms with Gasteiger partial charge in [-0.2, -0.15) is 0 Å². The van der Waals surface area contributed by atoms with Crippen LogP contribution in [0.2, 0.25) is 0 Å². The van der Waals surface area contributed by atoms with Crippen molar-refractivity contribution in [1.29, 1.82) is 0 Å². The monoisotopic (exact) mass is 283 g/mol. The van der Waals surface area contributed by atoms with Crippen LogP contribution in [-0.2, 0) is 13.1 Å². The molecule has 1 aromatic carbocycles. The van der Waals surface area contributed by atoms with Gasteiger partial charge in [0.1, 0.15) is 5.82 Å². The molecular weight excluding hydrogens is 262 g/mol. The second-order valence-corrected chi connectivity index (χ2v) is 4.84. The average molecular weight is 283 g/mol. The number of nitrogens with zero attached hydrogens (tertiary/aromatic N) is 4. The fourth-order valence-electron chi connectivity index (χ4n) is 2.09. The molecule has 0 unspecified atom stereocenters. The van der Waals surface area contributed by atoms with Gasteiger partial charge in [-0.05, 0) is 18.6 Å². The first kappa shape index (κ1) is 15.0. The van der Waals surface area contributed by atoms with Crippen LogP contribution in [0.4, 0.5) is 0 Å². The van der Waals surface area contributed by atoms with Gasteiger partial charge in [0.25, 0.3) is 0 Å². The zero-order valence-electron chi connectivity index (χ0n) is 12.7. The van der Waals surface area contributed by atoms with Crippen molar-refractivity contribution in [3.8, 4) is 0 Å². The molecule has 5 nitrogen and oxygen atoms in total. The number of hydrogen-bond acceptors (Lipinski definition) is 3. The summed E-state index contributed by atoms with van der Waals surface area (Å²) >= 11 is 0. The van der Waals surface area contributed by atoms with Crippen molar-refractivity contribution in [2.45, 2.75) is 20.0 Å². The Balaban J connectivity index is 1.94. The highest BCUT2D eigenvalue weighted by atomic mass is 15.3. The summed E-state index contributed by atoms with van der Waals surface area (Å²) in [5, 5.41) is 3.32. The van der Waals surface area contributed by atoms with Crippen molar-refractivity contribution < 1.29 is 0 Å². The molecule has 0 fully saturated rings. The third kappa shape index (κ3) is 4.56. The molecule has 5 heteroatoms. The Morgan fingerprint density at radius 1 is 1.24 bits per heavy atom. The summed E-state index contributed by atoms with van der Waals surface area (Å²) in [6, 6.07) is 12.2. The highest BCUT2D eigenvalue weighted by molar-refractivity contribution is 5.79. The Bertz CT molecular complexity index is 595. The first-order valence-corrected chi connectivity index (χ1v) is 6.93. The molecule has 0 spiro atoms. The van der Waals surface area contributed by atoms with E-state index in [1.54, 1.807) is 13.2 Å². The van der Waals surface area contributed by atoms with Gasteiger partial charge in [0.2, 0.25) is 0 Å². The lowest BCUT2D eigenvalue weighted by molar-refractivity contribution is 0.476. The number of aryl methyl sites for hydroxylation is 1. The van der Waals surface area contributed by atoms with E-state index in [2.05, 4.69) is 37.3 Å². The van der Waals surface area contributed by atoms with Crippen molar-refractivity contribution in [3.63, 3.8) is 0 Å². The van der Waals surface area contributed by atoms with Crippen LogP contribution in [0.25, 0.3) is 0 Å². The summed E-state index contributed by atoms with van der Waals surface area (Å²) in [6.07, 6.45) is 1.77. The molecule has 0 amide bonds. The average Bonchev–Trinajstić information content (AvgIpc) is 2.49. The molecule has 2 aromatic rings. The van der Waals surface area contributed by atoms with E-state index >= 15 is 0 Å². The molecule has 110 valence electrons. The molecule has 0 aliphatic rings. The minimum atomic E-state index is 0.634. The summed E-state index contributed by atoms with van der Waals surface area (Å²) < 4.78 is 0. The number of benzene rings is 1. The van der Waals surface area contributed by atoms with Crippen molar-refractivity contribution in [2.24, 2.45) is 4.99 Å². The van der Waals surface area contributed by atoms with Crippen LogP contribution in [0.1, 0.15) is 17.1 Å². The van der Waals surface area contributed by atoms with Gasteiger partial charge in [-0.15, -0.1) is 0 Å². The van der Waals surface area contributed by atoms with Crippen LogP contribution < -0.4 is 5.32 Å². The zero-order chi connectivity index (χ0) is 15.1. The van der Waals surface area contributed by atoms with Crippen molar-refractivity contribution >= 4 is 5.96 Å². The van der Waals surface area contributed by atoms with Crippen LogP contribution >= 0.6 is 0 Å². The van der Waals surface area contributed by atoms with E-state index in [1.807, 2.05) is 38.2 Å². The van der Waals surface area contributed by atoms with Crippen LogP contribution in [-0.4, -0.2) is 34.9 Å². The lowest BCUT2D eigenvalue weighted by atomic mass is 10.2. The minimum Gasteiger partial charge on any atom is -0.351 e. The molecular formula is C16H21N5. The topological polar surface area (TPSA) is 53.4 Å². The second kappa shape index (κ2) is 7.38. The quantitative estimate of drug-likeness (QED) is 0.689. The lowest BCUT2D eigenvalue weighted by Gasteiger charge is -2.22. The summed E-state index contributed by atoms with van der Waals surface area (Å²) in [6.45, 7) is 3.33. The molecule has 1 aromatic heterocycles. The molecule has 0 atom stereocenters. The molecule has 1 N–H and O–H groups in total.